The predicted octanol–water partition coefficient (Wildman–Crippen LogP) is 6.33. The first-order chi connectivity index (χ1) is 12.1. The Morgan fingerprint density at radius 2 is 1.24 bits per heavy atom. The number of nitrogens with one attached hydrogen (secondary N) is 1. The first kappa shape index (κ1) is 15.6. The molecule has 1 heterocycles. The number of aryl methyl sites for hydroxylation is 1. The SMILES string of the molecule is Cc1ccc(-c2ccc(-c3ccc4nc(C(C)C)[nH]c4c3)cc2)cc1. The predicted molar refractivity (Wildman–Crippen MR) is 106 cm³/mol. The molecule has 124 valence electrons. The first-order valence-electron chi connectivity index (χ1n) is 8.77. The fourth-order valence-electron chi connectivity index (χ4n) is 3.08. The summed E-state index contributed by atoms with van der Waals surface area (Å²) >= 11 is 0. The zero-order chi connectivity index (χ0) is 17.4. The number of aromatic nitrogens is 2. The lowest BCUT2D eigenvalue weighted by molar-refractivity contribution is 0.799. The molecule has 2 heteroatoms. The zero-order valence-electron chi connectivity index (χ0n) is 14.9. The fraction of sp³-hybridized carbons (Fsp3) is 0.174. The molecule has 1 N–H and O–H groups in total. The molecule has 1 aromatic heterocycles. The third kappa shape index (κ3) is 3.08. The highest BCUT2D eigenvalue weighted by atomic mass is 14.9. The Kier molecular flexibility index (Phi) is 3.89. The Bertz CT molecular complexity index is 1010. The van der Waals surface area contributed by atoms with Gasteiger partial charge < -0.3 is 4.98 Å². The van der Waals surface area contributed by atoms with E-state index >= 15 is 0 Å². The molecule has 0 radical (unpaired) electrons. The van der Waals surface area contributed by atoms with Crippen LogP contribution in [0.3, 0.4) is 0 Å². The Labute approximate surface area is 148 Å². The minimum absolute atomic E-state index is 0.407. The van der Waals surface area contributed by atoms with E-state index in [-0.39, 0.29) is 0 Å². The zero-order valence-corrected chi connectivity index (χ0v) is 14.9. The van der Waals surface area contributed by atoms with Crippen LogP contribution in [-0.2, 0) is 0 Å². The second-order valence-corrected chi connectivity index (χ2v) is 6.95. The van der Waals surface area contributed by atoms with Gasteiger partial charge >= 0.3 is 0 Å². The molecule has 0 saturated heterocycles. The molecule has 0 bridgehead atoms. The van der Waals surface area contributed by atoms with Gasteiger partial charge in [0.05, 0.1) is 11.0 Å². The van der Waals surface area contributed by atoms with E-state index in [9.17, 15) is 0 Å². The summed E-state index contributed by atoms with van der Waals surface area (Å²) in [7, 11) is 0. The van der Waals surface area contributed by atoms with Crippen molar-refractivity contribution in [2.45, 2.75) is 26.7 Å². The van der Waals surface area contributed by atoms with Gasteiger partial charge in [0.25, 0.3) is 0 Å². The van der Waals surface area contributed by atoms with Crippen molar-refractivity contribution in [3.05, 3.63) is 78.1 Å². The van der Waals surface area contributed by atoms with Crippen molar-refractivity contribution in [3.8, 4) is 22.3 Å². The van der Waals surface area contributed by atoms with E-state index in [1.165, 1.54) is 27.8 Å². The maximum absolute atomic E-state index is 4.65. The van der Waals surface area contributed by atoms with Crippen molar-refractivity contribution < 1.29 is 0 Å². The van der Waals surface area contributed by atoms with Crippen LogP contribution in [-0.4, -0.2) is 9.97 Å². The monoisotopic (exact) mass is 326 g/mol. The summed E-state index contributed by atoms with van der Waals surface area (Å²) in [6.45, 7) is 6.42. The van der Waals surface area contributed by atoms with Crippen LogP contribution >= 0.6 is 0 Å². The van der Waals surface area contributed by atoms with Gasteiger partial charge in [-0.15, -0.1) is 0 Å². The number of benzene rings is 3. The van der Waals surface area contributed by atoms with Gasteiger partial charge in [-0.2, -0.15) is 0 Å². The van der Waals surface area contributed by atoms with Crippen molar-refractivity contribution in [2.24, 2.45) is 0 Å². The van der Waals surface area contributed by atoms with Gasteiger partial charge in [0.15, 0.2) is 0 Å². The third-order valence-electron chi connectivity index (χ3n) is 4.65. The quantitative estimate of drug-likeness (QED) is 0.468. The summed E-state index contributed by atoms with van der Waals surface area (Å²) in [5, 5.41) is 0. The van der Waals surface area contributed by atoms with Crippen molar-refractivity contribution in [1.29, 1.82) is 0 Å². The average Bonchev–Trinajstić information content (AvgIpc) is 3.06. The Hall–Kier alpha value is -2.87. The number of hydrogen-bond acceptors (Lipinski definition) is 1. The Morgan fingerprint density at radius 1 is 0.720 bits per heavy atom. The standard InChI is InChI=1S/C23H22N2/c1-15(2)23-24-21-13-12-20(14-22(21)25-23)19-10-8-18(9-11-19)17-6-4-16(3)5-7-17/h4-15H,1-3H3,(H,24,25). The van der Waals surface area contributed by atoms with Gasteiger partial charge in [-0.1, -0.05) is 74.0 Å². The van der Waals surface area contributed by atoms with Crippen LogP contribution in [0.25, 0.3) is 33.3 Å². The van der Waals surface area contributed by atoms with E-state index in [1.54, 1.807) is 0 Å². The van der Waals surface area contributed by atoms with Crippen molar-refractivity contribution in [3.63, 3.8) is 0 Å². The van der Waals surface area contributed by atoms with E-state index in [1.807, 2.05) is 0 Å². The summed E-state index contributed by atoms with van der Waals surface area (Å²) in [6.07, 6.45) is 0. The highest BCUT2D eigenvalue weighted by Crippen LogP contribution is 2.27. The van der Waals surface area contributed by atoms with Crippen molar-refractivity contribution >= 4 is 11.0 Å². The smallest absolute Gasteiger partial charge is 0.109 e. The highest BCUT2D eigenvalue weighted by Gasteiger charge is 2.08. The summed E-state index contributed by atoms with van der Waals surface area (Å²) < 4.78 is 0. The van der Waals surface area contributed by atoms with Gasteiger partial charge in [0.2, 0.25) is 0 Å². The molecule has 0 saturated carbocycles. The van der Waals surface area contributed by atoms with Crippen LogP contribution in [0.5, 0.6) is 0 Å². The molecule has 3 aromatic carbocycles. The summed E-state index contributed by atoms with van der Waals surface area (Å²) in [4.78, 5) is 8.09. The van der Waals surface area contributed by atoms with E-state index in [4.69, 9.17) is 0 Å². The number of imidazole rings is 1. The summed E-state index contributed by atoms with van der Waals surface area (Å²) in [6, 6.07) is 23.9. The maximum Gasteiger partial charge on any atom is 0.109 e. The molecular formula is C23H22N2. The Morgan fingerprint density at radius 3 is 1.84 bits per heavy atom. The first-order valence-corrected chi connectivity index (χ1v) is 8.77. The molecule has 0 aliphatic heterocycles. The number of fused-ring (bicyclic) bond motifs is 1. The van der Waals surface area contributed by atoms with Gasteiger partial charge in [-0.3, -0.25) is 0 Å². The van der Waals surface area contributed by atoms with Gasteiger partial charge in [0.1, 0.15) is 5.82 Å². The summed E-state index contributed by atoms with van der Waals surface area (Å²) in [5.41, 5.74) is 8.35. The van der Waals surface area contributed by atoms with E-state index < -0.39 is 0 Å². The van der Waals surface area contributed by atoms with Crippen LogP contribution < -0.4 is 0 Å². The van der Waals surface area contributed by atoms with E-state index in [0.29, 0.717) is 5.92 Å². The van der Waals surface area contributed by atoms with Crippen LogP contribution in [0.15, 0.2) is 66.7 Å². The molecule has 0 aliphatic rings. The lowest BCUT2D eigenvalue weighted by atomic mass is 9.99. The number of hydrogen-bond donors (Lipinski definition) is 1. The largest absolute Gasteiger partial charge is 0.342 e. The second kappa shape index (κ2) is 6.21. The molecule has 0 fully saturated rings. The maximum atomic E-state index is 4.65. The number of H-pyrrole nitrogens is 1. The Balaban J connectivity index is 1.67. The average molecular weight is 326 g/mol. The molecule has 0 atom stereocenters. The second-order valence-electron chi connectivity index (χ2n) is 6.95. The van der Waals surface area contributed by atoms with Gasteiger partial charge in [-0.05, 0) is 41.3 Å². The molecule has 4 rings (SSSR count). The minimum Gasteiger partial charge on any atom is -0.342 e. The molecule has 4 aromatic rings. The number of rotatable bonds is 3. The molecule has 0 spiro atoms. The lowest BCUT2D eigenvalue weighted by Gasteiger charge is -2.06. The third-order valence-corrected chi connectivity index (χ3v) is 4.65. The fourth-order valence-corrected chi connectivity index (χ4v) is 3.08. The van der Waals surface area contributed by atoms with Gasteiger partial charge in [0, 0.05) is 5.92 Å². The lowest BCUT2D eigenvalue weighted by Crippen LogP contribution is -1.88. The topological polar surface area (TPSA) is 28.7 Å². The molecule has 0 unspecified atom stereocenters. The van der Waals surface area contributed by atoms with E-state index in [0.717, 1.165) is 16.9 Å². The van der Waals surface area contributed by atoms with Crippen LogP contribution in [0, 0.1) is 6.92 Å². The summed E-state index contributed by atoms with van der Waals surface area (Å²) in [5.74, 6) is 1.45. The highest BCUT2D eigenvalue weighted by molar-refractivity contribution is 5.82. The van der Waals surface area contributed by atoms with Crippen LogP contribution in [0.1, 0.15) is 31.2 Å². The molecule has 0 aliphatic carbocycles. The molecule has 2 nitrogen and oxygen atoms in total. The molecule has 0 amide bonds. The minimum atomic E-state index is 0.407. The molecule has 25 heavy (non-hydrogen) atoms. The van der Waals surface area contributed by atoms with E-state index in [2.05, 4.69) is 97.5 Å². The van der Waals surface area contributed by atoms with Crippen LogP contribution in [0.4, 0.5) is 0 Å². The van der Waals surface area contributed by atoms with Gasteiger partial charge in [-0.25, -0.2) is 4.98 Å². The van der Waals surface area contributed by atoms with Crippen molar-refractivity contribution in [1.82, 2.24) is 9.97 Å². The van der Waals surface area contributed by atoms with Crippen molar-refractivity contribution in [2.75, 3.05) is 0 Å². The normalized spacial score (nSPS) is 11.4. The number of nitrogens with zero attached hydrogens (tertiary/aromatic N) is 1. The van der Waals surface area contributed by atoms with Crippen LogP contribution in [0.2, 0.25) is 0 Å². The molecular weight excluding hydrogens is 304 g/mol. The number of aromatic amines is 1.